The lowest BCUT2D eigenvalue weighted by atomic mass is 9.93. The fourth-order valence-corrected chi connectivity index (χ4v) is 1.87. The Hall–Kier alpha value is -1.28. The van der Waals surface area contributed by atoms with Gasteiger partial charge in [-0.2, -0.15) is 0 Å². The number of nitrogens with one attached hydrogen (secondary N) is 1. The summed E-state index contributed by atoms with van der Waals surface area (Å²) in [7, 11) is 0. The number of fused-ring (bicyclic) bond motifs is 1. The van der Waals surface area contributed by atoms with Crippen LogP contribution < -0.4 is 0 Å². The molecule has 1 aromatic heterocycles. The molecule has 0 aliphatic carbocycles. The van der Waals surface area contributed by atoms with Gasteiger partial charge in [0.2, 0.25) is 0 Å². The van der Waals surface area contributed by atoms with Crippen molar-refractivity contribution in [3.05, 3.63) is 35.5 Å². The minimum atomic E-state index is -0.785. The van der Waals surface area contributed by atoms with E-state index >= 15 is 0 Å². The lowest BCUT2D eigenvalue weighted by molar-refractivity contribution is 0.0802. The molecule has 0 radical (unpaired) electrons. The zero-order valence-corrected chi connectivity index (χ0v) is 8.76. The number of aliphatic hydroxyl groups is 1. The average Bonchev–Trinajstić information content (AvgIpc) is 2.46. The molecule has 0 amide bonds. The number of hydrogen-bond acceptors (Lipinski definition) is 1. The van der Waals surface area contributed by atoms with E-state index in [1.54, 1.807) is 0 Å². The van der Waals surface area contributed by atoms with E-state index in [0.717, 1.165) is 16.5 Å². The summed E-state index contributed by atoms with van der Waals surface area (Å²) in [6.07, 6.45) is 1.97. The first kappa shape index (κ1) is 9.28. The van der Waals surface area contributed by atoms with Crippen molar-refractivity contribution in [2.75, 3.05) is 0 Å². The SMILES string of the molecule is Cc1c[nH]c2cccc(C(C)(C)O)c12. The number of hydrogen-bond donors (Lipinski definition) is 2. The Kier molecular flexibility index (Phi) is 1.89. The Morgan fingerprint density at radius 2 is 2.00 bits per heavy atom. The molecular formula is C12H15NO. The maximum absolute atomic E-state index is 10.0. The van der Waals surface area contributed by atoms with Crippen LogP contribution in [0.2, 0.25) is 0 Å². The van der Waals surface area contributed by atoms with E-state index < -0.39 is 5.60 Å². The molecule has 0 spiro atoms. The predicted octanol–water partition coefficient (Wildman–Crippen LogP) is 2.70. The van der Waals surface area contributed by atoms with Crippen LogP contribution in [0.4, 0.5) is 0 Å². The third-order valence-corrected chi connectivity index (χ3v) is 2.56. The third-order valence-electron chi connectivity index (χ3n) is 2.56. The van der Waals surface area contributed by atoms with E-state index in [9.17, 15) is 5.11 Å². The van der Waals surface area contributed by atoms with Gasteiger partial charge in [0, 0.05) is 17.1 Å². The first-order valence-corrected chi connectivity index (χ1v) is 4.79. The molecule has 0 atom stereocenters. The van der Waals surface area contributed by atoms with Crippen molar-refractivity contribution in [1.82, 2.24) is 4.98 Å². The van der Waals surface area contributed by atoms with Crippen LogP contribution in [0.25, 0.3) is 10.9 Å². The first-order chi connectivity index (χ1) is 6.50. The molecule has 0 saturated heterocycles. The second-order valence-corrected chi connectivity index (χ2v) is 4.26. The highest BCUT2D eigenvalue weighted by Gasteiger charge is 2.19. The Labute approximate surface area is 83.6 Å². The number of aromatic amines is 1. The van der Waals surface area contributed by atoms with Gasteiger partial charge in [0.15, 0.2) is 0 Å². The molecule has 2 rings (SSSR count). The highest BCUT2D eigenvalue weighted by Crippen LogP contribution is 2.29. The van der Waals surface area contributed by atoms with Crippen LogP contribution in [0.5, 0.6) is 0 Å². The fraction of sp³-hybridized carbons (Fsp3) is 0.333. The maximum atomic E-state index is 10.0. The summed E-state index contributed by atoms with van der Waals surface area (Å²) >= 11 is 0. The Morgan fingerprint density at radius 1 is 1.29 bits per heavy atom. The van der Waals surface area contributed by atoms with Crippen molar-refractivity contribution in [3.63, 3.8) is 0 Å². The minimum Gasteiger partial charge on any atom is -0.386 e. The summed E-state index contributed by atoms with van der Waals surface area (Å²) in [5.74, 6) is 0. The zero-order valence-electron chi connectivity index (χ0n) is 8.76. The van der Waals surface area contributed by atoms with Crippen LogP contribution in [-0.4, -0.2) is 10.1 Å². The van der Waals surface area contributed by atoms with Crippen LogP contribution in [0.3, 0.4) is 0 Å². The first-order valence-electron chi connectivity index (χ1n) is 4.79. The molecule has 0 unspecified atom stereocenters. The topological polar surface area (TPSA) is 36.0 Å². The van der Waals surface area contributed by atoms with Crippen molar-refractivity contribution in [3.8, 4) is 0 Å². The van der Waals surface area contributed by atoms with Crippen LogP contribution >= 0.6 is 0 Å². The summed E-state index contributed by atoms with van der Waals surface area (Å²) in [4.78, 5) is 3.19. The molecule has 0 bridgehead atoms. The summed E-state index contributed by atoms with van der Waals surface area (Å²) < 4.78 is 0. The molecule has 1 aromatic carbocycles. The van der Waals surface area contributed by atoms with E-state index in [0.29, 0.717) is 0 Å². The Bertz CT molecular complexity index is 463. The second-order valence-electron chi connectivity index (χ2n) is 4.26. The maximum Gasteiger partial charge on any atom is 0.0847 e. The van der Waals surface area contributed by atoms with E-state index in [1.807, 2.05) is 45.2 Å². The van der Waals surface area contributed by atoms with Crippen LogP contribution in [-0.2, 0) is 5.60 Å². The van der Waals surface area contributed by atoms with Crippen LogP contribution in [0.1, 0.15) is 25.0 Å². The van der Waals surface area contributed by atoms with Crippen molar-refractivity contribution in [2.24, 2.45) is 0 Å². The molecule has 0 aliphatic rings. The monoisotopic (exact) mass is 189 g/mol. The van der Waals surface area contributed by atoms with Gasteiger partial charge in [0.05, 0.1) is 5.60 Å². The third kappa shape index (κ3) is 1.32. The Morgan fingerprint density at radius 3 is 2.64 bits per heavy atom. The quantitative estimate of drug-likeness (QED) is 0.711. The van der Waals surface area contributed by atoms with Gasteiger partial charge >= 0.3 is 0 Å². The van der Waals surface area contributed by atoms with E-state index in [1.165, 1.54) is 5.56 Å². The van der Waals surface area contributed by atoms with Gasteiger partial charge in [0.1, 0.15) is 0 Å². The number of benzene rings is 1. The average molecular weight is 189 g/mol. The van der Waals surface area contributed by atoms with Gasteiger partial charge < -0.3 is 10.1 Å². The van der Waals surface area contributed by atoms with Crippen molar-refractivity contribution in [2.45, 2.75) is 26.4 Å². The molecule has 0 aliphatic heterocycles. The highest BCUT2D eigenvalue weighted by atomic mass is 16.3. The molecule has 2 heteroatoms. The van der Waals surface area contributed by atoms with E-state index in [4.69, 9.17) is 0 Å². The largest absolute Gasteiger partial charge is 0.386 e. The van der Waals surface area contributed by atoms with Crippen molar-refractivity contribution < 1.29 is 5.11 Å². The van der Waals surface area contributed by atoms with E-state index in [-0.39, 0.29) is 0 Å². The summed E-state index contributed by atoms with van der Waals surface area (Å²) in [5, 5.41) is 11.2. The van der Waals surface area contributed by atoms with Gasteiger partial charge in [-0.05, 0) is 38.0 Å². The highest BCUT2D eigenvalue weighted by molar-refractivity contribution is 5.87. The standard InChI is InChI=1S/C12H15NO/c1-8-7-13-10-6-4-5-9(11(8)10)12(2,3)14/h4-7,13-14H,1-3H3. The number of aromatic nitrogens is 1. The van der Waals surface area contributed by atoms with Crippen molar-refractivity contribution in [1.29, 1.82) is 0 Å². The molecule has 0 saturated carbocycles. The number of rotatable bonds is 1. The lowest BCUT2D eigenvalue weighted by Gasteiger charge is -2.19. The fourth-order valence-electron chi connectivity index (χ4n) is 1.87. The molecule has 74 valence electrons. The molecular weight excluding hydrogens is 174 g/mol. The molecule has 2 N–H and O–H groups in total. The zero-order chi connectivity index (χ0) is 10.3. The van der Waals surface area contributed by atoms with Gasteiger partial charge in [0.25, 0.3) is 0 Å². The number of aryl methyl sites for hydroxylation is 1. The summed E-state index contributed by atoms with van der Waals surface area (Å²) in [6.45, 7) is 5.68. The smallest absolute Gasteiger partial charge is 0.0847 e. The van der Waals surface area contributed by atoms with Gasteiger partial charge in [-0.15, -0.1) is 0 Å². The molecule has 1 heterocycles. The molecule has 2 aromatic rings. The van der Waals surface area contributed by atoms with Crippen molar-refractivity contribution >= 4 is 10.9 Å². The normalized spacial score (nSPS) is 12.3. The van der Waals surface area contributed by atoms with Gasteiger partial charge in [-0.3, -0.25) is 0 Å². The summed E-state index contributed by atoms with van der Waals surface area (Å²) in [6, 6.07) is 5.96. The minimum absolute atomic E-state index is 0.785. The van der Waals surface area contributed by atoms with Gasteiger partial charge in [-0.1, -0.05) is 12.1 Å². The summed E-state index contributed by atoms with van der Waals surface area (Å²) in [5.41, 5.74) is 2.46. The van der Waals surface area contributed by atoms with E-state index in [2.05, 4.69) is 4.98 Å². The van der Waals surface area contributed by atoms with Crippen LogP contribution in [0.15, 0.2) is 24.4 Å². The van der Waals surface area contributed by atoms with Gasteiger partial charge in [-0.25, -0.2) is 0 Å². The van der Waals surface area contributed by atoms with Crippen LogP contribution in [0, 0.1) is 6.92 Å². The molecule has 2 nitrogen and oxygen atoms in total. The molecule has 14 heavy (non-hydrogen) atoms. The Balaban J connectivity index is 2.82. The second kappa shape index (κ2) is 2.85. The molecule has 0 fully saturated rings. The number of H-pyrrole nitrogens is 1. The lowest BCUT2D eigenvalue weighted by Crippen LogP contribution is -2.15. The predicted molar refractivity (Wildman–Crippen MR) is 58.3 cm³/mol.